The molecule has 3 rings (SSSR count). The number of pyridine rings is 2. The second kappa shape index (κ2) is 6.66. The van der Waals surface area contributed by atoms with Gasteiger partial charge < -0.3 is 5.73 Å². The van der Waals surface area contributed by atoms with Crippen molar-refractivity contribution in [2.75, 3.05) is 18.8 Å². The zero-order valence-corrected chi connectivity index (χ0v) is 14.0. The maximum absolute atomic E-state index is 12.9. The third-order valence-corrected chi connectivity index (χ3v) is 5.98. The van der Waals surface area contributed by atoms with E-state index < -0.39 is 10.0 Å². The van der Waals surface area contributed by atoms with Gasteiger partial charge in [0.2, 0.25) is 10.0 Å². The minimum Gasteiger partial charge on any atom is -0.383 e. The second-order valence-corrected chi connectivity index (χ2v) is 7.54. The van der Waals surface area contributed by atoms with Crippen LogP contribution in [0.15, 0.2) is 40.5 Å². The first kappa shape index (κ1) is 16.5. The third kappa shape index (κ3) is 3.15. The fraction of sp³-hybridized carbons (Fsp3) is 0.312. The van der Waals surface area contributed by atoms with Crippen molar-refractivity contribution in [3.05, 3.63) is 30.6 Å². The van der Waals surface area contributed by atoms with Gasteiger partial charge in [-0.1, -0.05) is 6.42 Å². The van der Waals surface area contributed by atoms with Gasteiger partial charge in [-0.15, -0.1) is 0 Å². The Hall–Kier alpha value is -2.32. The molecule has 0 aliphatic carbocycles. The molecule has 1 aliphatic rings. The summed E-state index contributed by atoms with van der Waals surface area (Å²) in [4.78, 5) is 12.0. The molecule has 1 fully saturated rings. The van der Waals surface area contributed by atoms with Crippen LogP contribution in [0.2, 0.25) is 0 Å². The molecule has 2 aromatic rings. The van der Waals surface area contributed by atoms with Crippen molar-refractivity contribution in [3.63, 3.8) is 0 Å². The first-order valence-electron chi connectivity index (χ1n) is 7.71. The molecule has 0 saturated carbocycles. The quantitative estimate of drug-likeness (QED) is 0.856. The normalized spacial score (nSPS) is 16.0. The molecule has 2 aromatic heterocycles. The molecule has 0 unspecified atom stereocenters. The van der Waals surface area contributed by atoms with Crippen LogP contribution in [0.4, 0.5) is 11.6 Å². The van der Waals surface area contributed by atoms with Crippen molar-refractivity contribution in [1.29, 1.82) is 0 Å². The maximum Gasteiger partial charge on any atom is 0.246 e. The molecule has 1 saturated heterocycles. The van der Waals surface area contributed by atoms with Crippen LogP contribution in [0.3, 0.4) is 0 Å². The van der Waals surface area contributed by atoms with E-state index in [9.17, 15) is 8.42 Å². The molecule has 0 radical (unpaired) electrons. The fourth-order valence-corrected chi connectivity index (χ4v) is 4.36. The monoisotopic (exact) mass is 345 g/mol. The summed E-state index contributed by atoms with van der Waals surface area (Å²) in [6.45, 7) is 4.49. The lowest BCUT2D eigenvalue weighted by Crippen LogP contribution is -2.36. The summed E-state index contributed by atoms with van der Waals surface area (Å²) < 4.78 is 27.2. The Labute approximate surface area is 141 Å². The van der Waals surface area contributed by atoms with Crippen molar-refractivity contribution in [2.45, 2.75) is 24.2 Å². The van der Waals surface area contributed by atoms with Crippen LogP contribution in [0.1, 0.15) is 19.3 Å². The standard InChI is InChI=1S/C16H19N5O2S/c1-18-15-10-12(5-6-19-15)13-9-14(16(17)20-11-13)24(22,23)21-7-3-2-4-8-21/h5-6,9-11H,1-4,7-8H2,(H2,17,20). The topological polar surface area (TPSA) is 102 Å². The molecule has 7 nitrogen and oxygen atoms in total. The van der Waals surface area contributed by atoms with Gasteiger partial charge >= 0.3 is 0 Å². The fourth-order valence-electron chi connectivity index (χ4n) is 2.75. The molecule has 1 aliphatic heterocycles. The summed E-state index contributed by atoms with van der Waals surface area (Å²) in [6, 6.07) is 5.05. The zero-order chi connectivity index (χ0) is 17.2. The smallest absolute Gasteiger partial charge is 0.246 e. The second-order valence-electron chi connectivity index (χ2n) is 5.63. The zero-order valence-electron chi connectivity index (χ0n) is 13.2. The van der Waals surface area contributed by atoms with Gasteiger partial charge in [0.25, 0.3) is 0 Å². The molecule has 2 N–H and O–H groups in total. The van der Waals surface area contributed by atoms with E-state index in [1.54, 1.807) is 30.6 Å². The summed E-state index contributed by atoms with van der Waals surface area (Å²) in [5, 5.41) is 0. The van der Waals surface area contributed by atoms with Gasteiger partial charge in [0, 0.05) is 31.0 Å². The van der Waals surface area contributed by atoms with Gasteiger partial charge in [-0.3, -0.25) is 0 Å². The number of nitrogens with two attached hydrogens (primary N) is 1. The lowest BCUT2D eigenvalue weighted by molar-refractivity contribution is 0.347. The number of nitrogens with zero attached hydrogens (tertiary/aromatic N) is 4. The average molecular weight is 345 g/mol. The lowest BCUT2D eigenvalue weighted by Gasteiger charge is -2.26. The van der Waals surface area contributed by atoms with E-state index in [0.29, 0.717) is 24.5 Å². The summed E-state index contributed by atoms with van der Waals surface area (Å²) in [5.74, 6) is 0.477. The molecular formula is C16H19N5O2S. The summed E-state index contributed by atoms with van der Waals surface area (Å²) in [5.41, 5.74) is 7.26. The predicted molar refractivity (Wildman–Crippen MR) is 93.7 cm³/mol. The van der Waals surface area contributed by atoms with Crippen LogP contribution in [0.5, 0.6) is 0 Å². The summed E-state index contributed by atoms with van der Waals surface area (Å²) in [7, 11) is -3.64. The number of nitrogen functional groups attached to an aromatic ring is 1. The molecule has 24 heavy (non-hydrogen) atoms. The van der Waals surface area contributed by atoms with Crippen molar-refractivity contribution < 1.29 is 8.42 Å². The average Bonchev–Trinajstić information content (AvgIpc) is 2.62. The Bertz CT molecular complexity index is 861. The van der Waals surface area contributed by atoms with Crippen molar-refractivity contribution >= 4 is 28.4 Å². The van der Waals surface area contributed by atoms with E-state index in [2.05, 4.69) is 21.7 Å². The van der Waals surface area contributed by atoms with E-state index in [1.165, 1.54) is 4.31 Å². The maximum atomic E-state index is 12.9. The minimum atomic E-state index is -3.64. The SMILES string of the molecule is C=Nc1cc(-c2cnc(N)c(S(=O)(=O)N3CCCCC3)c2)ccn1. The number of piperidine rings is 1. The van der Waals surface area contributed by atoms with Gasteiger partial charge in [0.05, 0.1) is 0 Å². The molecule has 0 aromatic carbocycles. The number of sulfonamides is 1. The molecule has 0 atom stereocenters. The minimum absolute atomic E-state index is 0.0143. The Balaban J connectivity index is 2.04. The van der Waals surface area contributed by atoms with E-state index in [0.717, 1.165) is 24.8 Å². The Morgan fingerprint density at radius 1 is 1.12 bits per heavy atom. The molecule has 3 heterocycles. The van der Waals surface area contributed by atoms with Crippen LogP contribution < -0.4 is 5.73 Å². The van der Waals surface area contributed by atoms with Crippen molar-refractivity contribution in [2.24, 2.45) is 4.99 Å². The van der Waals surface area contributed by atoms with Gasteiger partial charge in [-0.05, 0) is 43.3 Å². The Morgan fingerprint density at radius 3 is 2.58 bits per heavy atom. The highest BCUT2D eigenvalue weighted by molar-refractivity contribution is 7.89. The van der Waals surface area contributed by atoms with Crippen LogP contribution in [0, 0.1) is 0 Å². The van der Waals surface area contributed by atoms with E-state index in [1.807, 2.05) is 0 Å². The van der Waals surface area contributed by atoms with Crippen LogP contribution in [-0.2, 0) is 10.0 Å². The largest absolute Gasteiger partial charge is 0.383 e. The van der Waals surface area contributed by atoms with Gasteiger partial charge in [0.1, 0.15) is 10.7 Å². The number of rotatable bonds is 4. The number of hydrogen-bond acceptors (Lipinski definition) is 6. The Morgan fingerprint density at radius 2 is 1.88 bits per heavy atom. The Kier molecular flexibility index (Phi) is 4.59. The predicted octanol–water partition coefficient (Wildman–Crippen LogP) is 2.23. The highest BCUT2D eigenvalue weighted by atomic mass is 32.2. The lowest BCUT2D eigenvalue weighted by atomic mass is 10.1. The van der Waals surface area contributed by atoms with Gasteiger partial charge in [-0.25, -0.2) is 23.4 Å². The van der Waals surface area contributed by atoms with Crippen LogP contribution in [-0.4, -0.2) is 42.5 Å². The van der Waals surface area contributed by atoms with Crippen molar-refractivity contribution in [3.8, 4) is 11.1 Å². The molecule has 0 bridgehead atoms. The number of hydrogen-bond donors (Lipinski definition) is 1. The van der Waals surface area contributed by atoms with Crippen LogP contribution in [0.25, 0.3) is 11.1 Å². The van der Waals surface area contributed by atoms with Gasteiger partial charge in [-0.2, -0.15) is 4.31 Å². The molecule has 8 heteroatoms. The van der Waals surface area contributed by atoms with Crippen molar-refractivity contribution in [1.82, 2.24) is 14.3 Å². The van der Waals surface area contributed by atoms with E-state index >= 15 is 0 Å². The molecule has 0 spiro atoms. The first-order valence-corrected chi connectivity index (χ1v) is 9.15. The van der Waals surface area contributed by atoms with Crippen LogP contribution >= 0.6 is 0 Å². The summed E-state index contributed by atoms with van der Waals surface area (Å²) in [6.07, 6.45) is 5.92. The third-order valence-electron chi connectivity index (χ3n) is 4.06. The molecule has 0 amide bonds. The molecule has 126 valence electrons. The highest BCUT2D eigenvalue weighted by Crippen LogP contribution is 2.29. The van der Waals surface area contributed by atoms with E-state index in [-0.39, 0.29) is 10.7 Å². The number of aromatic nitrogens is 2. The highest BCUT2D eigenvalue weighted by Gasteiger charge is 2.28. The number of anilines is 1. The van der Waals surface area contributed by atoms with Gasteiger partial charge in [0.15, 0.2) is 5.82 Å². The number of aliphatic imine (C=N–C) groups is 1. The molecular weight excluding hydrogens is 326 g/mol. The summed E-state index contributed by atoms with van der Waals surface area (Å²) >= 11 is 0. The first-order chi connectivity index (χ1) is 11.5. The van der Waals surface area contributed by atoms with E-state index in [4.69, 9.17) is 5.73 Å².